The Labute approximate surface area is 176 Å². The molecule has 5 heteroatoms. The molecule has 0 aromatic heterocycles. The Morgan fingerprint density at radius 1 is 0.933 bits per heavy atom. The number of hydrogen-bond donors (Lipinski definition) is 0. The third kappa shape index (κ3) is 2.38. The van der Waals surface area contributed by atoms with Crippen molar-refractivity contribution in [2.45, 2.75) is 39.8 Å². The highest BCUT2D eigenvalue weighted by atomic mass is 16.2. The van der Waals surface area contributed by atoms with Crippen molar-refractivity contribution >= 4 is 35.0 Å². The quantitative estimate of drug-likeness (QED) is 0.723. The smallest absolute Gasteiger partial charge is 0.240 e. The predicted octanol–water partition coefficient (Wildman–Crippen LogP) is 3.59. The average Bonchev–Trinajstić information content (AvgIpc) is 3.16. The first-order chi connectivity index (χ1) is 14.3. The molecule has 5 rings (SSSR count). The molecular weight excluding hydrogens is 376 g/mol. The standard InChI is InChI=1S/C25H24N2O3/c1-13-8-10-18-17(12-13)9-11-19-20-21(23(16(4)28)26(18)19)25(30)27(24(20)29)22-14(2)6-5-7-15(22)3/h5-12,19-21,23H,1-4H3/t19-,20+,21-,23+/m0/s1. The van der Waals surface area contributed by atoms with Gasteiger partial charge in [0.1, 0.15) is 6.04 Å². The van der Waals surface area contributed by atoms with Crippen LogP contribution in [0.2, 0.25) is 0 Å². The third-order valence-corrected chi connectivity index (χ3v) is 6.74. The molecule has 3 heterocycles. The van der Waals surface area contributed by atoms with E-state index in [2.05, 4.69) is 6.07 Å². The zero-order valence-electron chi connectivity index (χ0n) is 17.5. The monoisotopic (exact) mass is 400 g/mol. The number of carbonyl (C=O) groups is 3. The van der Waals surface area contributed by atoms with Crippen molar-refractivity contribution in [3.05, 3.63) is 64.7 Å². The lowest BCUT2D eigenvalue weighted by Crippen LogP contribution is -2.48. The van der Waals surface area contributed by atoms with Crippen molar-refractivity contribution in [3.63, 3.8) is 0 Å². The summed E-state index contributed by atoms with van der Waals surface area (Å²) in [6.07, 6.45) is 4.00. The summed E-state index contributed by atoms with van der Waals surface area (Å²) in [6, 6.07) is 10.9. The van der Waals surface area contributed by atoms with E-state index in [1.165, 1.54) is 11.8 Å². The number of ketones is 1. The number of amides is 2. The van der Waals surface area contributed by atoms with Crippen LogP contribution in [0.3, 0.4) is 0 Å². The third-order valence-electron chi connectivity index (χ3n) is 6.74. The van der Waals surface area contributed by atoms with Crippen LogP contribution in [0.4, 0.5) is 11.4 Å². The molecular formula is C25H24N2O3. The minimum atomic E-state index is -0.670. The van der Waals surface area contributed by atoms with E-state index >= 15 is 0 Å². The molecule has 0 aliphatic carbocycles. The van der Waals surface area contributed by atoms with Crippen LogP contribution in [0.1, 0.15) is 29.2 Å². The van der Waals surface area contributed by atoms with Gasteiger partial charge in [-0.15, -0.1) is 0 Å². The number of rotatable bonds is 2. The van der Waals surface area contributed by atoms with Crippen LogP contribution in [-0.2, 0) is 14.4 Å². The molecule has 0 bridgehead atoms. The van der Waals surface area contributed by atoms with Gasteiger partial charge in [-0.05, 0) is 56.5 Å². The Kier molecular flexibility index (Phi) is 4.01. The summed E-state index contributed by atoms with van der Waals surface area (Å²) in [4.78, 5) is 43.4. The number of Topliss-reactive ketones (excluding diaryl/α,β-unsaturated/α-hetero) is 1. The second kappa shape index (κ2) is 6.39. The van der Waals surface area contributed by atoms with Crippen LogP contribution in [-0.4, -0.2) is 29.7 Å². The lowest BCUT2D eigenvalue weighted by Gasteiger charge is -2.36. The Morgan fingerprint density at radius 2 is 1.60 bits per heavy atom. The second-order valence-electron chi connectivity index (χ2n) is 8.68. The number of benzene rings is 2. The second-order valence-corrected chi connectivity index (χ2v) is 8.68. The molecule has 2 aromatic carbocycles. The zero-order chi connectivity index (χ0) is 21.3. The SMILES string of the molecule is CC(=O)[C@@H]1[C@H]2C(=O)N(c3c(C)cccc3C)C(=O)[C@@H]2[C@@H]2C=Cc3cc(C)ccc3N12. The lowest BCUT2D eigenvalue weighted by atomic mass is 9.88. The zero-order valence-corrected chi connectivity index (χ0v) is 17.5. The summed E-state index contributed by atoms with van der Waals surface area (Å²) in [6.45, 7) is 7.36. The van der Waals surface area contributed by atoms with E-state index in [1.807, 2.05) is 68.2 Å². The van der Waals surface area contributed by atoms with Crippen molar-refractivity contribution in [2.24, 2.45) is 11.8 Å². The van der Waals surface area contributed by atoms with Gasteiger partial charge in [-0.1, -0.05) is 42.0 Å². The molecule has 0 radical (unpaired) electrons. The molecule has 2 aromatic rings. The van der Waals surface area contributed by atoms with Crippen LogP contribution < -0.4 is 9.80 Å². The van der Waals surface area contributed by atoms with Crippen molar-refractivity contribution in [1.82, 2.24) is 0 Å². The molecule has 0 unspecified atom stereocenters. The maximum absolute atomic E-state index is 13.6. The molecule has 2 amide bonds. The summed E-state index contributed by atoms with van der Waals surface area (Å²) in [5.41, 5.74) is 5.49. The van der Waals surface area contributed by atoms with Gasteiger partial charge in [0.15, 0.2) is 5.78 Å². The van der Waals surface area contributed by atoms with E-state index in [9.17, 15) is 14.4 Å². The Bertz CT molecular complexity index is 1130. The average molecular weight is 400 g/mol. The van der Waals surface area contributed by atoms with Crippen molar-refractivity contribution < 1.29 is 14.4 Å². The molecule has 2 saturated heterocycles. The molecule has 2 fully saturated rings. The van der Waals surface area contributed by atoms with E-state index in [-0.39, 0.29) is 23.6 Å². The highest BCUT2D eigenvalue weighted by Gasteiger charge is 2.63. The maximum Gasteiger partial charge on any atom is 0.240 e. The Morgan fingerprint density at radius 3 is 2.27 bits per heavy atom. The topological polar surface area (TPSA) is 57.7 Å². The first kappa shape index (κ1) is 18.8. The molecule has 5 nitrogen and oxygen atoms in total. The van der Waals surface area contributed by atoms with Gasteiger partial charge in [0.05, 0.1) is 23.6 Å². The molecule has 0 saturated carbocycles. The number of hydrogen-bond acceptors (Lipinski definition) is 4. The van der Waals surface area contributed by atoms with Gasteiger partial charge in [-0.25, -0.2) is 4.90 Å². The number of imide groups is 1. The number of anilines is 2. The van der Waals surface area contributed by atoms with Crippen LogP contribution in [0.5, 0.6) is 0 Å². The number of carbonyl (C=O) groups excluding carboxylic acids is 3. The van der Waals surface area contributed by atoms with Gasteiger partial charge in [0, 0.05) is 5.69 Å². The molecule has 4 atom stereocenters. The largest absolute Gasteiger partial charge is 0.353 e. The molecule has 0 N–H and O–H groups in total. The van der Waals surface area contributed by atoms with Gasteiger partial charge in [-0.2, -0.15) is 0 Å². The Balaban J connectivity index is 1.65. The van der Waals surface area contributed by atoms with Crippen LogP contribution >= 0.6 is 0 Å². The minimum absolute atomic E-state index is 0.0844. The van der Waals surface area contributed by atoms with E-state index in [0.29, 0.717) is 5.69 Å². The molecule has 0 spiro atoms. The first-order valence-corrected chi connectivity index (χ1v) is 10.3. The van der Waals surface area contributed by atoms with Gasteiger partial charge < -0.3 is 4.90 Å². The summed E-state index contributed by atoms with van der Waals surface area (Å²) < 4.78 is 0. The van der Waals surface area contributed by atoms with Gasteiger partial charge in [0.25, 0.3) is 0 Å². The summed E-state index contributed by atoms with van der Waals surface area (Å²) in [5, 5.41) is 0. The van der Waals surface area contributed by atoms with Crippen LogP contribution in [0, 0.1) is 32.6 Å². The number of nitrogens with zero attached hydrogens (tertiary/aromatic N) is 2. The normalized spacial score (nSPS) is 26.7. The minimum Gasteiger partial charge on any atom is -0.353 e. The Hall–Kier alpha value is -3.21. The van der Waals surface area contributed by atoms with Gasteiger partial charge in [0.2, 0.25) is 11.8 Å². The molecule has 30 heavy (non-hydrogen) atoms. The van der Waals surface area contributed by atoms with E-state index < -0.39 is 17.9 Å². The van der Waals surface area contributed by atoms with Crippen molar-refractivity contribution in [3.8, 4) is 0 Å². The summed E-state index contributed by atoms with van der Waals surface area (Å²) in [7, 11) is 0. The number of para-hydroxylation sites is 1. The fourth-order valence-electron chi connectivity index (χ4n) is 5.53. The van der Waals surface area contributed by atoms with Crippen molar-refractivity contribution in [1.29, 1.82) is 0 Å². The van der Waals surface area contributed by atoms with E-state index in [1.54, 1.807) is 0 Å². The highest BCUT2D eigenvalue weighted by molar-refractivity contribution is 6.25. The fourth-order valence-corrected chi connectivity index (χ4v) is 5.53. The molecule has 3 aliphatic heterocycles. The molecule has 152 valence electrons. The van der Waals surface area contributed by atoms with Crippen LogP contribution in [0.15, 0.2) is 42.5 Å². The van der Waals surface area contributed by atoms with Crippen LogP contribution in [0.25, 0.3) is 6.08 Å². The lowest BCUT2D eigenvalue weighted by molar-refractivity contribution is -0.126. The summed E-state index contributed by atoms with van der Waals surface area (Å²) in [5.74, 6) is -1.79. The number of aryl methyl sites for hydroxylation is 3. The van der Waals surface area contributed by atoms with Gasteiger partial charge >= 0.3 is 0 Å². The first-order valence-electron chi connectivity index (χ1n) is 10.3. The predicted molar refractivity (Wildman–Crippen MR) is 116 cm³/mol. The molecule has 3 aliphatic rings. The van der Waals surface area contributed by atoms with E-state index in [0.717, 1.165) is 27.9 Å². The fraction of sp³-hybridized carbons (Fsp3) is 0.320. The highest BCUT2D eigenvalue weighted by Crippen LogP contribution is 2.50. The van der Waals surface area contributed by atoms with Crippen molar-refractivity contribution in [2.75, 3.05) is 9.80 Å². The van der Waals surface area contributed by atoms with E-state index in [4.69, 9.17) is 0 Å². The summed E-state index contributed by atoms with van der Waals surface area (Å²) >= 11 is 0. The maximum atomic E-state index is 13.6. The number of fused-ring (bicyclic) bond motifs is 5. The van der Waals surface area contributed by atoms with Gasteiger partial charge in [-0.3, -0.25) is 14.4 Å².